The van der Waals surface area contributed by atoms with Crippen molar-refractivity contribution in [1.29, 1.82) is 0 Å². The van der Waals surface area contributed by atoms with E-state index < -0.39 is 6.10 Å². The molecule has 2 atom stereocenters. The molecule has 2 aromatic carbocycles. The van der Waals surface area contributed by atoms with Crippen LogP contribution in [-0.4, -0.2) is 17.8 Å². The SMILES string of the molecule is Cc1ccc2c(c1)CC(COc1ccc([C@H](C)O)cc1)O2. The zero-order valence-corrected chi connectivity index (χ0v) is 12.4. The second kappa shape index (κ2) is 5.78. The number of aliphatic hydroxyl groups is 1. The van der Waals surface area contributed by atoms with Gasteiger partial charge < -0.3 is 14.6 Å². The maximum absolute atomic E-state index is 9.48. The van der Waals surface area contributed by atoms with Gasteiger partial charge in [0.2, 0.25) is 0 Å². The molecule has 1 N–H and O–H groups in total. The fourth-order valence-electron chi connectivity index (χ4n) is 2.57. The monoisotopic (exact) mass is 284 g/mol. The third-order valence-corrected chi connectivity index (χ3v) is 3.76. The smallest absolute Gasteiger partial charge is 0.137 e. The van der Waals surface area contributed by atoms with E-state index in [1.54, 1.807) is 6.92 Å². The molecule has 0 amide bonds. The third-order valence-electron chi connectivity index (χ3n) is 3.76. The van der Waals surface area contributed by atoms with Crippen molar-refractivity contribution < 1.29 is 14.6 Å². The fraction of sp³-hybridized carbons (Fsp3) is 0.333. The summed E-state index contributed by atoms with van der Waals surface area (Å²) in [5, 5.41) is 9.48. The van der Waals surface area contributed by atoms with Crippen LogP contribution in [0.3, 0.4) is 0 Å². The van der Waals surface area contributed by atoms with Crippen molar-refractivity contribution in [2.75, 3.05) is 6.61 Å². The van der Waals surface area contributed by atoms with E-state index in [1.807, 2.05) is 30.3 Å². The minimum Gasteiger partial charge on any atom is -0.490 e. The van der Waals surface area contributed by atoms with E-state index >= 15 is 0 Å². The second-order valence-corrected chi connectivity index (χ2v) is 5.61. The van der Waals surface area contributed by atoms with Gasteiger partial charge in [0.15, 0.2) is 0 Å². The van der Waals surface area contributed by atoms with Crippen LogP contribution in [0.5, 0.6) is 11.5 Å². The predicted octanol–water partition coefficient (Wildman–Crippen LogP) is 3.43. The van der Waals surface area contributed by atoms with Crippen molar-refractivity contribution in [3.63, 3.8) is 0 Å². The molecular formula is C18H20O3. The first-order chi connectivity index (χ1) is 10.1. The number of hydrogen-bond donors (Lipinski definition) is 1. The topological polar surface area (TPSA) is 38.7 Å². The molecule has 1 aliphatic rings. The zero-order chi connectivity index (χ0) is 14.8. The zero-order valence-electron chi connectivity index (χ0n) is 12.4. The van der Waals surface area contributed by atoms with Crippen LogP contribution in [0.15, 0.2) is 42.5 Å². The van der Waals surface area contributed by atoms with Crippen molar-refractivity contribution >= 4 is 0 Å². The van der Waals surface area contributed by atoms with Crippen molar-refractivity contribution in [1.82, 2.24) is 0 Å². The van der Waals surface area contributed by atoms with E-state index in [4.69, 9.17) is 9.47 Å². The summed E-state index contributed by atoms with van der Waals surface area (Å²) < 4.78 is 11.7. The molecule has 0 saturated carbocycles. The van der Waals surface area contributed by atoms with Crippen LogP contribution in [-0.2, 0) is 6.42 Å². The molecule has 0 aliphatic carbocycles. The number of rotatable bonds is 4. The molecule has 3 heteroatoms. The van der Waals surface area contributed by atoms with Gasteiger partial charge in [-0.15, -0.1) is 0 Å². The lowest BCUT2D eigenvalue weighted by Crippen LogP contribution is -2.22. The van der Waals surface area contributed by atoms with Gasteiger partial charge in [0.25, 0.3) is 0 Å². The number of ether oxygens (including phenoxy) is 2. The van der Waals surface area contributed by atoms with Crippen LogP contribution in [0.2, 0.25) is 0 Å². The quantitative estimate of drug-likeness (QED) is 0.935. The summed E-state index contributed by atoms with van der Waals surface area (Å²) in [6.07, 6.45) is 0.510. The summed E-state index contributed by atoms with van der Waals surface area (Å²) in [5.41, 5.74) is 3.41. The lowest BCUT2D eigenvalue weighted by molar-refractivity contribution is 0.148. The van der Waals surface area contributed by atoms with Crippen molar-refractivity contribution in [3.8, 4) is 11.5 Å². The Labute approximate surface area is 125 Å². The Morgan fingerprint density at radius 3 is 2.71 bits per heavy atom. The van der Waals surface area contributed by atoms with E-state index in [2.05, 4.69) is 19.1 Å². The highest BCUT2D eigenvalue weighted by Crippen LogP contribution is 2.29. The Balaban J connectivity index is 1.57. The summed E-state index contributed by atoms with van der Waals surface area (Å²) in [4.78, 5) is 0. The summed E-state index contributed by atoms with van der Waals surface area (Å²) in [6, 6.07) is 13.8. The standard InChI is InChI=1S/C18H20O3/c1-12-3-8-18-15(9-12)10-17(21-18)11-20-16-6-4-14(5-7-16)13(2)19/h3-9,13,17,19H,10-11H2,1-2H3/t13-,17?/m0/s1. The Kier molecular flexibility index (Phi) is 3.84. The van der Waals surface area contributed by atoms with E-state index in [0.29, 0.717) is 6.61 Å². The molecule has 21 heavy (non-hydrogen) atoms. The Morgan fingerprint density at radius 1 is 1.24 bits per heavy atom. The van der Waals surface area contributed by atoms with Crippen molar-refractivity contribution in [3.05, 3.63) is 59.2 Å². The summed E-state index contributed by atoms with van der Waals surface area (Å²) in [7, 11) is 0. The Morgan fingerprint density at radius 2 is 2.00 bits per heavy atom. The van der Waals surface area contributed by atoms with E-state index in [1.165, 1.54) is 11.1 Å². The normalized spacial score (nSPS) is 18.0. The van der Waals surface area contributed by atoms with Gasteiger partial charge in [-0.3, -0.25) is 0 Å². The molecule has 0 spiro atoms. The summed E-state index contributed by atoms with van der Waals surface area (Å²) >= 11 is 0. The van der Waals surface area contributed by atoms with Crippen molar-refractivity contribution in [2.24, 2.45) is 0 Å². The van der Waals surface area contributed by atoms with E-state index in [-0.39, 0.29) is 6.10 Å². The molecule has 0 aromatic heterocycles. The minimum atomic E-state index is -0.449. The maximum atomic E-state index is 9.48. The molecular weight excluding hydrogens is 264 g/mol. The molecule has 2 aromatic rings. The molecule has 1 unspecified atom stereocenters. The van der Waals surface area contributed by atoms with Crippen LogP contribution in [0.25, 0.3) is 0 Å². The predicted molar refractivity (Wildman–Crippen MR) is 81.9 cm³/mol. The van der Waals surface area contributed by atoms with Gasteiger partial charge in [-0.25, -0.2) is 0 Å². The first kappa shape index (κ1) is 14.0. The molecule has 1 aliphatic heterocycles. The van der Waals surface area contributed by atoms with Gasteiger partial charge in [0.1, 0.15) is 24.2 Å². The maximum Gasteiger partial charge on any atom is 0.137 e. The van der Waals surface area contributed by atoms with Gasteiger partial charge in [-0.05, 0) is 43.2 Å². The lowest BCUT2D eigenvalue weighted by atomic mass is 10.1. The third kappa shape index (κ3) is 3.19. The molecule has 0 bridgehead atoms. The van der Waals surface area contributed by atoms with E-state index in [9.17, 15) is 5.11 Å². The first-order valence-corrected chi connectivity index (χ1v) is 7.29. The van der Waals surface area contributed by atoms with Crippen LogP contribution < -0.4 is 9.47 Å². The number of aryl methyl sites for hydroxylation is 1. The van der Waals surface area contributed by atoms with Gasteiger partial charge in [-0.1, -0.05) is 29.8 Å². The lowest BCUT2D eigenvalue weighted by Gasteiger charge is -2.13. The molecule has 3 nitrogen and oxygen atoms in total. The number of aliphatic hydroxyl groups excluding tert-OH is 1. The number of fused-ring (bicyclic) bond motifs is 1. The van der Waals surface area contributed by atoms with Gasteiger partial charge in [0.05, 0.1) is 6.10 Å². The van der Waals surface area contributed by atoms with E-state index in [0.717, 1.165) is 23.5 Å². The second-order valence-electron chi connectivity index (χ2n) is 5.61. The van der Waals surface area contributed by atoms with Crippen LogP contribution in [0.4, 0.5) is 0 Å². The minimum absolute atomic E-state index is 0.0678. The van der Waals surface area contributed by atoms with Crippen LogP contribution >= 0.6 is 0 Å². The van der Waals surface area contributed by atoms with Crippen LogP contribution in [0, 0.1) is 6.92 Å². The Bertz CT molecular complexity index is 617. The molecule has 3 rings (SSSR count). The first-order valence-electron chi connectivity index (χ1n) is 7.29. The molecule has 1 heterocycles. The Hall–Kier alpha value is -2.00. The molecule has 0 saturated heterocycles. The number of hydrogen-bond acceptors (Lipinski definition) is 3. The summed E-state index contributed by atoms with van der Waals surface area (Å²) in [6.45, 7) is 4.37. The van der Waals surface area contributed by atoms with Gasteiger partial charge >= 0.3 is 0 Å². The highest BCUT2D eigenvalue weighted by Gasteiger charge is 2.23. The van der Waals surface area contributed by atoms with Gasteiger partial charge in [-0.2, -0.15) is 0 Å². The molecule has 0 radical (unpaired) electrons. The number of benzene rings is 2. The highest BCUT2D eigenvalue weighted by molar-refractivity contribution is 5.40. The molecule has 0 fully saturated rings. The van der Waals surface area contributed by atoms with Crippen LogP contribution in [0.1, 0.15) is 29.7 Å². The molecule has 110 valence electrons. The average molecular weight is 284 g/mol. The van der Waals surface area contributed by atoms with Gasteiger partial charge in [0, 0.05) is 6.42 Å². The largest absolute Gasteiger partial charge is 0.490 e. The average Bonchev–Trinajstić information content (AvgIpc) is 2.87. The fourth-order valence-corrected chi connectivity index (χ4v) is 2.57. The highest BCUT2D eigenvalue weighted by atomic mass is 16.5. The van der Waals surface area contributed by atoms with Crippen molar-refractivity contribution in [2.45, 2.75) is 32.5 Å². The summed E-state index contributed by atoms with van der Waals surface area (Å²) in [5.74, 6) is 1.77.